The molecule has 68 valence electrons. The van der Waals surface area contributed by atoms with E-state index in [0.29, 0.717) is 5.92 Å². The van der Waals surface area contributed by atoms with Crippen LogP contribution in [0.3, 0.4) is 0 Å². The van der Waals surface area contributed by atoms with Gasteiger partial charge in [0.25, 0.3) is 0 Å². The highest BCUT2D eigenvalue weighted by atomic mass is 16.6. The van der Waals surface area contributed by atoms with E-state index in [0.717, 1.165) is 12.8 Å². The summed E-state index contributed by atoms with van der Waals surface area (Å²) in [5, 5.41) is 0. The Bertz CT molecular complexity index is 188. The van der Waals surface area contributed by atoms with E-state index in [1.54, 1.807) is 0 Å². The maximum absolute atomic E-state index is 11.3. The van der Waals surface area contributed by atoms with Crippen LogP contribution in [0.25, 0.3) is 0 Å². The highest BCUT2D eigenvalue weighted by Gasteiger charge is 2.43. The summed E-state index contributed by atoms with van der Waals surface area (Å²) in [4.78, 5) is 11.3. The summed E-state index contributed by atoms with van der Waals surface area (Å²) >= 11 is 0. The van der Waals surface area contributed by atoms with Gasteiger partial charge >= 0.3 is 5.97 Å². The van der Waals surface area contributed by atoms with Crippen molar-refractivity contribution in [2.24, 2.45) is 11.8 Å². The SMILES string of the molecule is CC[C@H]1C(=O)OC2CCCC[C@H]21. The molecule has 2 aliphatic rings. The fraction of sp³-hybridized carbons (Fsp3) is 0.900. The Morgan fingerprint density at radius 1 is 1.42 bits per heavy atom. The summed E-state index contributed by atoms with van der Waals surface area (Å²) in [6.07, 6.45) is 6.07. The molecule has 1 aliphatic heterocycles. The van der Waals surface area contributed by atoms with Crippen LogP contribution in [-0.2, 0) is 9.53 Å². The average Bonchev–Trinajstić information content (AvgIpc) is 2.40. The second-order valence-corrected chi connectivity index (χ2v) is 3.94. The zero-order chi connectivity index (χ0) is 8.55. The summed E-state index contributed by atoms with van der Waals surface area (Å²) in [7, 11) is 0. The Balaban J connectivity index is 2.10. The summed E-state index contributed by atoms with van der Waals surface area (Å²) in [5.41, 5.74) is 0. The monoisotopic (exact) mass is 168 g/mol. The van der Waals surface area contributed by atoms with E-state index in [4.69, 9.17) is 4.74 Å². The van der Waals surface area contributed by atoms with Gasteiger partial charge in [-0.05, 0) is 25.7 Å². The van der Waals surface area contributed by atoms with E-state index in [2.05, 4.69) is 6.92 Å². The molecular weight excluding hydrogens is 152 g/mol. The number of hydrogen-bond acceptors (Lipinski definition) is 2. The lowest BCUT2D eigenvalue weighted by atomic mass is 9.79. The van der Waals surface area contributed by atoms with Crippen molar-refractivity contribution in [1.82, 2.24) is 0 Å². The van der Waals surface area contributed by atoms with Gasteiger partial charge in [-0.15, -0.1) is 0 Å². The minimum Gasteiger partial charge on any atom is -0.462 e. The van der Waals surface area contributed by atoms with E-state index in [-0.39, 0.29) is 18.0 Å². The van der Waals surface area contributed by atoms with E-state index in [1.165, 1.54) is 19.3 Å². The number of carbonyl (C=O) groups is 1. The summed E-state index contributed by atoms with van der Waals surface area (Å²) in [6, 6.07) is 0. The Kier molecular flexibility index (Phi) is 2.07. The van der Waals surface area contributed by atoms with Crippen LogP contribution >= 0.6 is 0 Å². The molecule has 0 aromatic carbocycles. The highest BCUT2D eigenvalue weighted by molar-refractivity contribution is 5.75. The third-order valence-electron chi connectivity index (χ3n) is 3.28. The third-order valence-corrected chi connectivity index (χ3v) is 3.28. The van der Waals surface area contributed by atoms with Gasteiger partial charge in [0.1, 0.15) is 6.10 Å². The van der Waals surface area contributed by atoms with Gasteiger partial charge < -0.3 is 4.74 Å². The van der Waals surface area contributed by atoms with Crippen LogP contribution in [0.2, 0.25) is 0 Å². The summed E-state index contributed by atoms with van der Waals surface area (Å²) < 4.78 is 5.33. The summed E-state index contributed by atoms with van der Waals surface area (Å²) in [5.74, 6) is 0.834. The van der Waals surface area contributed by atoms with Crippen LogP contribution in [0.5, 0.6) is 0 Å². The number of hydrogen-bond donors (Lipinski definition) is 0. The lowest BCUT2D eigenvalue weighted by Crippen LogP contribution is -2.24. The van der Waals surface area contributed by atoms with Gasteiger partial charge in [-0.25, -0.2) is 0 Å². The van der Waals surface area contributed by atoms with Gasteiger partial charge in [-0.2, -0.15) is 0 Å². The summed E-state index contributed by atoms with van der Waals surface area (Å²) in [6.45, 7) is 2.09. The molecule has 3 atom stereocenters. The van der Waals surface area contributed by atoms with E-state index in [9.17, 15) is 4.79 Å². The Hall–Kier alpha value is -0.530. The van der Waals surface area contributed by atoms with E-state index < -0.39 is 0 Å². The van der Waals surface area contributed by atoms with Crippen molar-refractivity contribution in [3.8, 4) is 0 Å². The average molecular weight is 168 g/mol. The number of carbonyl (C=O) groups excluding carboxylic acids is 1. The fourth-order valence-corrected chi connectivity index (χ4v) is 2.61. The normalized spacial score (nSPS) is 40.8. The van der Waals surface area contributed by atoms with Gasteiger partial charge in [0.15, 0.2) is 0 Å². The van der Waals surface area contributed by atoms with Crippen molar-refractivity contribution >= 4 is 5.97 Å². The smallest absolute Gasteiger partial charge is 0.309 e. The third kappa shape index (κ3) is 1.13. The molecule has 2 nitrogen and oxygen atoms in total. The molecule has 1 unspecified atom stereocenters. The van der Waals surface area contributed by atoms with Crippen LogP contribution in [-0.4, -0.2) is 12.1 Å². The van der Waals surface area contributed by atoms with Gasteiger partial charge in [-0.1, -0.05) is 13.3 Å². The first-order chi connectivity index (χ1) is 5.83. The van der Waals surface area contributed by atoms with Crippen LogP contribution in [0.15, 0.2) is 0 Å². The quantitative estimate of drug-likeness (QED) is 0.561. The number of ether oxygens (including phenoxy) is 1. The molecule has 1 saturated heterocycles. The van der Waals surface area contributed by atoms with Crippen molar-refractivity contribution < 1.29 is 9.53 Å². The van der Waals surface area contributed by atoms with Crippen LogP contribution in [0.4, 0.5) is 0 Å². The number of esters is 1. The van der Waals surface area contributed by atoms with Crippen LogP contribution < -0.4 is 0 Å². The number of rotatable bonds is 1. The second kappa shape index (κ2) is 3.08. The van der Waals surface area contributed by atoms with Crippen molar-refractivity contribution in [3.05, 3.63) is 0 Å². The topological polar surface area (TPSA) is 26.3 Å². The predicted molar refractivity (Wildman–Crippen MR) is 45.6 cm³/mol. The van der Waals surface area contributed by atoms with Crippen molar-refractivity contribution in [2.75, 3.05) is 0 Å². The Morgan fingerprint density at radius 2 is 2.17 bits per heavy atom. The maximum Gasteiger partial charge on any atom is 0.309 e. The van der Waals surface area contributed by atoms with E-state index in [1.807, 2.05) is 0 Å². The molecular formula is C10H16O2. The molecule has 12 heavy (non-hydrogen) atoms. The molecule has 0 spiro atoms. The lowest BCUT2D eigenvalue weighted by molar-refractivity contribution is -0.144. The predicted octanol–water partition coefficient (Wildman–Crippen LogP) is 2.13. The van der Waals surface area contributed by atoms with Crippen LogP contribution in [0.1, 0.15) is 39.0 Å². The minimum absolute atomic E-state index is 0.0643. The zero-order valence-electron chi connectivity index (χ0n) is 7.58. The molecule has 0 aromatic heterocycles. The zero-order valence-corrected chi connectivity index (χ0v) is 7.58. The molecule has 0 radical (unpaired) electrons. The van der Waals surface area contributed by atoms with Gasteiger partial charge in [0.05, 0.1) is 5.92 Å². The Morgan fingerprint density at radius 3 is 2.92 bits per heavy atom. The molecule has 0 N–H and O–H groups in total. The van der Waals surface area contributed by atoms with Gasteiger partial charge in [0.2, 0.25) is 0 Å². The molecule has 2 fully saturated rings. The molecule has 1 heterocycles. The van der Waals surface area contributed by atoms with Crippen LogP contribution in [0, 0.1) is 11.8 Å². The molecule has 2 heteroatoms. The largest absolute Gasteiger partial charge is 0.462 e. The highest BCUT2D eigenvalue weighted by Crippen LogP contribution is 2.39. The van der Waals surface area contributed by atoms with E-state index >= 15 is 0 Å². The molecule has 1 saturated carbocycles. The second-order valence-electron chi connectivity index (χ2n) is 3.94. The van der Waals surface area contributed by atoms with Crippen molar-refractivity contribution in [1.29, 1.82) is 0 Å². The first-order valence-electron chi connectivity index (χ1n) is 5.03. The number of fused-ring (bicyclic) bond motifs is 1. The molecule has 0 amide bonds. The molecule has 0 bridgehead atoms. The van der Waals surface area contributed by atoms with Gasteiger partial charge in [0, 0.05) is 5.92 Å². The molecule has 0 aromatic rings. The fourth-order valence-electron chi connectivity index (χ4n) is 2.61. The van der Waals surface area contributed by atoms with Crippen molar-refractivity contribution in [2.45, 2.75) is 45.1 Å². The first kappa shape index (κ1) is 8.09. The van der Waals surface area contributed by atoms with Gasteiger partial charge in [-0.3, -0.25) is 4.79 Å². The minimum atomic E-state index is 0.0643. The lowest BCUT2D eigenvalue weighted by Gasteiger charge is -2.24. The molecule has 1 aliphatic carbocycles. The maximum atomic E-state index is 11.3. The van der Waals surface area contributed by atoms with Crippen molar-refractivity contribution in [3.63, 3.8) is 0 Å². The Labute approximate surface area is 73.3 Å². The molecule has 2 rings (SSSR count). The first-order valence-corrected chi connectivity index (χ1v) is 5.03. The standard InChI is InChI=1S/C10H16O2/c1-2-7-8-5-3-4-6-9(8)12-10(7)11/h7-9H,2-6H2,1H3/t7-,8+,9?/m1/s1.